The summed E-state index contributed by atoms with van der Waals surface area (Å²) in [7, 11) is 1.47. The van der Waals surface area contributed by atoms with Crippen molar-refractivity contribution < 1.29 is 9.13 Å². The third-order valence-corrected chi connectivity index (χ3v) is 3.37. The molecule has 0 spiro atoms. The predicted molar refractivity (Wildman–Crippen MR) is 78.6 cm³/mol. The van der Waals surface area contributed by atoms with Crippen LogP contribution in [0.2, 0.25) is 0 Å². The molecule has 2 rings (SSSR count). The molecule has 1 unspecified atom stereocenters. The number of ether oxygens (including phenoxy) is 1. The number of hydrogen-bond acceptors (Lipinski definition) is 2. The molecule has 20 heavy (non-hydrogen) atoms. The second-order valence-corrected chi connectivity index (χ2v) is 4.87. The SMILES string of the molecule is CCNC(C)c1ccn(Cc2ccc(OC)c(F)c2)c1. The van der Waals surface area contributed by atoms with Crippen molar-refractivity contribution in [3.05, 3.63) is 53.6 Å². The fourth-order valence-electron chi connectivity index (χ4n) is 2.26. The maximum atomic E-state index is 13.6. The summed E-state index contributed by atoms with van der Waals surface area (Å²) in [5.74, 6) is -0.0406. The number of rotatable bonds is 6. The molecule has 4 heteroatoms. The Labute approximate surface area is 119 Å². The van der Waals surface area contributed by atoms with Gasteiger partial charge in [0, 0.05) is 25.0 Å². The van der Waals surface area contributed by atoms with E-state index in [-0.39, 0.29) is 11.6 Å². The molecule has 108 valence electrons. The van der Waals surface area contributed by atoms with E-state index in [9.17, 15) is 4.39 Å². The Balaban J connectivity index is 2.08. The standard InChI is InChI=1S/C16H21FN2O/c1-4-18-12(2)14-7-8-19(11-14)10-13-5-6-16(20-3)15(17)9-13/h5-9,11-12,18H,4,10H2,1-3H3. The van der Waals surface area contributed by atoms with Gasteiger partial charge >= 0.3 is 0 Å². The summed E-state index contributed by atoms with van der Waals surface area (Å²) in [6.07, 6.45) is 4.11. The molecule has 2 aromatic rings. The van der Waals surface area contributed by atoms with E-state index < -0.39 is 0 Å². The fraction of sp³-hybridized carbons (Fsp3) is 0.375. The van der Waals surface area contributed by atoms with E-state index >= 15 is 0 Å². The first-order valence-corrected chi connectivity index (χ1v) is 6.85. The van der Waals surface area contributed by atoms with Crippen molar-refractivity contribution >= 4 is 0 Å². The molecule has 0 radical (unpaired) electrons. The van der Waals surface area contributed by atoms with Gasteiger partial charge in [-0.05, 0) is 42.8 Å². The number of benzene rings is 1. The molecule has 1 N–H and O–H groups in total. The van der Waals surface area contributed by atoms with Crippen molar-refractivity contribution in [3.63, 3.8) is 0 Å². The van der Waals surface area contributed by atoms with Gasteiger partial charge in [-0.2, -0.15) is 0 Å². The summed E-state index contributed by atoms with van der Waals surface area (Å²) < 4.78 is 20.6. The molecule has 0 aliphatic rings. The molecule has 0 fully saturated rings. The molecule has 1 aromatic carbocycles. The average Bonchev–Trinajstić information content (AvgIpc) is 2.88. The van der Waals surface area contributed by atoms with E-state index in [0.29, 0.717) is 12.6 Å². The second kappa shape index (κ2) is 6.57. The van der Waals surface area contributed by atoms with Crippen LogP contribution in [0.4, 0.5) is 4.39 Å². The molecule has 0 aliphatic heterocycles. The van der Waals surface area contributed by atoms with Gasteiger partial charge in [0.2, 0.25) is 0 Å². The van der Waals surface area contributed by atoms with Gasteiger partial charge in [-0.3, -0.25) is 0 Å². The highest BCUT2D eigenvalue weighted by Gasteiger charge is 2.07. The van der Waals surface area contributed by atoms with Gasteiger partial charge in [-0.15, -0.1) is 0 Å². The van der Waals surface area contributed by atoms with Gasteiger partial charge in [0.15, 0.2) is 11.6 Å². The molecule has 1 aromatic heterocycles. The van der Waals surface area contributed by atoms with Crippen LogP contribution < -0.4 is 10.1 Å². The molecule has 0 aliphatic carbocycles. The lowest BCUT2D eigenvalue weighted by atomic mass is 10.2. The average molecular weight is 276 g/mol. The van der Waals surface area contributed by atoms with E-state index in [1.807, 2.05) is 12.3 Å². The summed E-state index contributed by atoms with van der Waals surface area (Å²) in [5.41, 5.74) is 2.15. The van der Waals surface area contributed by atoms with E-state index in [2.05, 4.69) is 36.0 Å². The van der Waals surface area contributed by atoms with Crippen LogP contribution in [0.3, 0.4) is 0 Å². The Morgan fingerprint density at radius 1 is 1.35 bits per heavy atom. The van der Waals surface area contributed by atoms with Crippen LogP contribution in [0.5, 0.6) is 5.75 Å². The maximum absolute atomic E-state index is 13.6. The molecule has 1 heterocycles. The zero-order chi connectivity index (χ0) is 14.5. The predicted octanol–water partition coefficient (Wildman–Crippen LogP) is 3.35. The summed E-state index contributed by atoms with van der Waals surface area (Å²) in [6.45, 7) is 5.82. The minimum absolute atomic E-state index is 0.280. The topological polar surface area (TPSA) is 26.2 Å². The summed E-state index contributed by atoms with van der Waals surface area (Å²) >= 11 is 0. The summed E-state index contributed by atoms with van der Waals surface area (Å²) in [4.78, 5) is 0. The molecular formula is C16H21FN2O. The van der Waals surface area contributed by atoms with Gasteiger partial charge in [-0.25, -0.2) is 4.39 Å². The van der Waals surface area contributed by atoms with E-state index in [1.54, 1.807) is 6.07 Å². The van der Waals surface area contributed by atoms with Gasteiger partial charge in [0.1, 0.15) is 0 Å². The maximum Gasteiger partial charge on any atom is 0.165 e. The molecular weight excluding hydrogens is 255 g/mol. The summed E-state index contributed by atoms with van der Waals surface area (Å²) in [6, 6.07) is 7.49. The summed E-state index contributed by atoms with van der Waals surface area (Å²) in [5, 5.41) is 3.37. The Hall–Kier alpha value is -1.81. The molecule has 1 atom stereocenters. The van der Waals surface area contributed by atoms with Gasteiger partial charge < -0.3 is 14.6 Å². The lowest BCUT2D eigenvalue weighted by Gasteiger charge is -2.10. The van der Waals surface area contributed by atoms with Crippen LogP contribution >= 0.6 is 0 Å². The Kier molecular flexibility index (Phi) is 4.79. The monoisotopic (exact) mass is 276 g/mol. The smallest absolute Gasteiger partial charge is 0.165 e. The van der Waals surface area contributed by atoms with E-state index in [4.69, 9.17) is 4.74 Å². The number of halogens is 1. The van der Waals surface area contributed by atoms with Crippen LogP contribution in [0.15, 0.2) is 36.7 Å². The van der Waals surface area contributed by atoms with Crippen molar-refractivity contribution in [1.29, 1.82) is 0 Å². The van der Waals surface area contributed by atoms with Crippen molar-refractivity contribution in [2.75, 3.05) is 13.7 Å². The Morgan fingerprint density at radius 3 is 2.80 bits per heavy atom. The Morgan fingerprint density at radius 2 is 2.15 bits per heavy atom. The van der Waals surface area contributed by atoms with Gasteiger partial charge in [-0.1, -0.05) is 13.0 Å². The highest BCUT2D eigenvalue weighted by Crippen LogP contribution is 2.19. The quantitative estimate of drug-likeness (QED) is 0.875. The molecule has 0 bridgehead atoms. The van der Waals surface area contributed by atoms with Crippen LogP contribution in [0.1, 0.15) is 31.0 Å². The third kappa shape index (κ3) is 3.39. The first kappa shape index (κ1) is 14.6. The van der Waals surface area contributed by atoms with Crippen LogP contribution in [-0.4, -0.2) is 18.2 Å². The van der Waals surface area contributed by atoms with Crippen molar-refractivity contribution in [3.8, 4) is 5.75 Å². The zero-order valence-corrected chi connectivity index (χ0v) is 12.2. The van der Waals surface area contributed by atoms with Crippen LogP contribution in [0.25, 0.3) is 0 Å². The number of methoxy groups -OCH3 is 1. The lowest BCUT2D eigenvalue weighted by molar-refractivity contribution is 0.386. The zero-order valence-electron chi connectivity index (χ0n) is 12.2. The van der Waals surface area contributed by atoms with E-state index in [1.165, 1.54) is 18.7 Å². The number of hydrogen-bond donors (Lipinski definition) is 1. The number of nitrogens with zero attached hydrogens (tertiary/aromatic N) is 1. The Bertz CT molecular complexity index is 565. The highest BCUT2D eigenvalue weighted by atomic mass is 19.1. The van der Waals surface area contributed by atoms with Crippen molar-refractivity contribution in [1.82, 2.24) is 9.88 Å². The minimum Gasteiger partial charge on any atom is -0.494 e. The molecule has 0 saturated carbocycles. The molecule has 3 nitrogen and oxygen atoms in total. The largest absolute Gasteiger partial charge is 0.494 e. The number of nitrogens with one attached hydrogen (secondary N) is 1. The third-order valence-electron chi connectivity index (χ3n) is 3.37. The number of aromatic nitrogens is 1. The second-order valence-electron chi connectivity index (χ2n) is 4.87. The minimum atomic E-state index is -0.321. The highest BCUT2D eigenvalue weighted by molar-refractivity contribution is 5.29. The van der Waals surface area contributed by atoms with Crippen LogP contribution in [0, 0.1) is 5.82 Å². The van der Waals surface area contributed by atoms with Gasteiger partial charge in [0.05, 0.1) is 7.11 Å². The van der Waals surface area contributed by atoms with Crippen LogP contribution in [-0.2, 0) is 6.54 Å². The first-order valence-electron chi connectivity index (χ1n) is 6.85. The van der Waals surface area contributed by atoms with Crippen molar-refractivity contribution in [2.24, 2.45) is 0 Å². The molecule has 0 amide bonds. The molecule has 0 saturated heterocycles. The van der Waals surface area contributed by atoms with Crippen molar-refractivity contribution in [2.45, 2.75) is 26.4 Å². The van der Waals surface area contributed by atoms with E-state index in [0.717, 1.165) is 12.1 Å². The fourth-order valence-corrected chi connectivity index (χ4v) is 2.26. The lowest BCUT2D eigenvalue weighted by Crippen LogP contribution is -2.17. The first-order chi connectivity index (χ1) is 9.63. The van der Waals surface area contributed by atoms with Gasteiger partial charge in [0.25, 0.3) is 0 Å². The normalized spacial score (nSPS) is 12.4.